The van der Waals surface area contributed by atoms with Gasteiger partial charge in [-0.1, -0.05) is 31.1 Å². The molecule has 0 radical (unpaired) electrons. The quantitative estimate of drug-likeness (QED) is 0.605. The van der Waals surface area contributed by atoms with E-state index in [2.05, 4.69) is 6.92 Å². The lowest BCUT2D eigenvalue weighted by Crippen LogP contribution is -2.08. The standard InChI is InChI=1S/C9H14N2O2S/c1-2-3-4-8(10)7-5-9(11(12)13)14-6-7/h5-6,8H,2-4,10H2,1H3/t8-/m0/s1. The van der Waals surface area contributed by atoms with Crippen LogP contribution in [0.15, 0.2) is 11.4 Å². The van der Waals surface area contributed by atoms with Gasteiger partial charge in [0.25, 0.3) is 0 Å². The molecule has 0 saturated heterocycles. The third-order valence-electron chi connectivity index (χ3n) is 2.08. The summed E-state index contributed by atoms with van der Waals surface area (Å²) in [6.07, 6.45) is 3.05. The van der Waals surface area contributed by atoms with Gasteiger partial charge in [-0.3, -0.25) is 10.1 Å². The number of thiophene rings is 1. The van der Waals surface area contributed by atoms with Crippen molar-refractivity contribution in [2.45, 2.75) is 32.2 Å². The SMILES string of the molecule is CCCC[C@H](N)c1csc([N+](=O)[O-])c1. The molecule has 2 N–H and O–H groups in total. The number of hydrogen-bond acceptors (Lipinski definition) is 4. The second-order valence-electron chi connectivity index (χ2n) is 3.22. The third-order valence-corrected chi connectivity index (χ3v) is 2.98. The minimum absolute atomic E-state index is 0.0556. The van der Waals surface area contributed by atoms with Gasteiger partial charge in [0.2, 0.25) is 0 Å². The minimum atomic E-state index is -0.374. The smallest absolute Gasteiger partial charge is 0.324 e. The summed E-state index contributed by atoms with van der Waals surface area (Å²) >= 11 is 1.14. The summed E-state index contributed by atoms with van der Waals surface area (Å²) in [7, 11) is 0. The zero-order valence-corrected chi connectivity index (χ0v) is 8.92. The van der Waals surface area contributed by atoms with Crippen LogP contribution in [-0.2, 0) is 0 Å². The van der Waals surface area contributed by atoms with Gasteiger partial charge >= 0.3 is 5.00 Å². The highest BCUT2D eigenvalue weighted by molar-refractivity contribution is 7.13. The Morgan fingerprint density at radius 3 is 2.93 bits per heavy atom. The Hall–Kier alpha value is -0.940. The highest BCUT2D eigenvalue weighted by Gasteiger charge is 2.13. The molecule has 0 aromatic carbocycles. The highest BCUT2D eigenvalue weighted by Crippen LogP contribution is 2.27. The highest BCUT2D eigenvalue weighted by atomic mass is 32.1. The molecule has 0 saturated carbocycles. The second kappa shape index (κ2) is 5.07. The number of nitrogens with zero attached hydrogens (tertiary/aromatic N) is 1. The van der Waals surface area contributed by atoms with E-state index in [-0.39, 0.29) is 16.0 Å². The van der Waals surface area contributed by atoms with Crippen LogP contribution in [0, 0.1) is 10.1 Å². The third kappa shape index (κ3) is 2.78. The van der Waals surface area contributed by atoms with Crippen molar-refractivity contribution in [3.8, 4) is 0 Å². The number of hydrogen-bond donors (Lipinski definition) is 1. The molecule has 0 aliphatic rings. The molecule has 0 fully saturated rings. The van der Waals surface area contributed by atoms with Gasteiger partial charge < -0.3 is 5.73 Å². The topological polar surface area (TPSA) is 69.2 Å². The summed E-state index contributed by atoms with van der Waals surface area (Å²) < 4.78 is 0. The van der Waals surface area contributed by atoms with Gasteiger partial charge in [0.05, 0.1) is 4.92 Å². The summed E-state index contributed by atoms with van der Waals surface area (Å²) in [4.78, 5) is 10.1. The van der Waals surface area contributed by atoms with Gasteiger partial charge in [0.15, 0.2) is 0 Å². The van der Waals surface area contributed by atoms with E-state index in [0.29, 0.717) is 0 Å². The fourth-order valence-corrected chi connectivity index (χ4v) is 2.01. The van der Waals surface area contributed by atoms with E-state index in [4.69, 9.17) is 5.73 Å². The van der Waals surface area contributed by atoms with Crippen molar-refractivity contribution < 1.29 is 4.92 Å². The Labute approximate surface area is 86.9 Å². The van der Waals surface area contributed by atoms with Gasteiger partial charge in [0.1, 0.15) is 0 Å². The van der Waals surface area contributed by atoms with Crippen LogP contribution < -0.4 is 5.73 Å². The maximum atomic E-state index is 10.4. The first kappa shape index (κ1) is 11.1. The molecule has 1 rings (SSSR count). The van der Waals surface area contributed by atoms with Crippen LogP contribution >= 0.6 is 11.3 Å². The molecule has 4 nitrogen and oxygen atoms in total. The predicted molar refractivity (Wildman–Crippen MR) is 57.4 cm³/mol. The van der Waals surface area contributed by atoms with E-state index in [1.54, 1.807) is 11.4 Å². The van der Waals surface area contributed by atoms with Crippen LogP contribution in [0.25, 0.3) is 0 Å². The molecular weight excluding hydrogens is 200 g/mol. The predicted octanol–water partition coefficient (Wildman–Crippen LogP) is 2.85. The second-order valence-corrected chi connectivity index (χ2v) is 4.11. The van der Waals surface area contributed by atoms with Crippen molar-refractivity contribution in [1.82, 2.24) is 0 Å². The zero-order chi connectivity index (χ0) is 10.6. The molecule has 78 valence electrons. The lowest BCUT2D eigenvalue weighted by atomic mass is 10.1. The Morgan fingerprint density at radius 2 is 2.43 bits per heavy atom. The van der Waals surface area contributed by atoms with Crippen molar-refractivity contribution in [1.29, 1.82) is 0 Å². The fourth-order valence-electron chi connectivity index (χ4n) is 1.22. The van der Waals surface area contributed by atoms with Crippen molar-refractivity contribution in [2.75, 3.05) is 0 Å². The molecule has 0 spiro atoms. The first-order valence-electron chi connectivity index (χ1n) is 4.63. The molecule has 0 aliphatic heterocycles. The first-order chi connectivity index (χ1) is 6.65. The minimum Gasteiger partial charge on any atom is -0.324 e. The number of nitrogens with two attached hydrogens (primary N) is 1. The zero-order valence-electron chi connectivity index (χ0n) is 8.10. The van der Waals surface area contributed by atoms with Crippen molar-refractivity contribution >= 4 is 16.3 Å². The summed E-state index contributed by atoms with van der Waals surface area (Å²) in [5.74, 6) is 0. The van der Waals surface area contributed by atoms with Crippen molar-refractivity contribution in [2.24, 2.45) is 5.73 Å². The van der Waals surface area contributed by atoms with E-state index in [9.17, 15) is 10.1 Å². The molecule has 1 heterocycles. The molecule has 0 amide bonds. The van der Waals surface area contributed by atoms with Crippen LogP contribution in [0.1, 0.15) is 37.8 Å². The summed E-state index contributed by atoms with van der Waals surface area (Å²) in [6, 6.07) is 1.52. The lowest BCUT2D eigenvalue weighted by molar-refractivity contribution is -0.380. The van der Waals surface area contributed by atoms with Crippen LogP contribution in [0.2, 0.25) is 0 Å². The van der Waals surface area contributed by atoms with Gasteiger partial charge in [-0.15, -0.1) is 0 Å². The summed E-state index contributed by atoms with van der Waals surface area (Å²) in [5.41, 5.74) is 6.76. The Bertz CT molecular complexity index is 312. The van der Waals surface area contributed by atoms with Gasteiger partial charge in [-0.05, 0) is 12.0 Å². The molecule has 0 unspecified atom stereocenters. The van der Waals surface area contributed by atoms with Gasteiger partial charge in [0, 0.05) is 17.5 Å². The molecule has 1 aromatic rings. The maximum absolute atomic E-state index is 10.4. The first-order valence-corrected chi connectivity index (χ1v) is 5.51. The van der Waals surface area contributed by atoms with Crippen molar-refractivity contribution in [3.05, 3.63) is 27.1 Å². The monoisotopic (exact) mass is 214 g/mol. The van der Waals surface area contributed by atoms with Crippen LogP contribution in [0.5, 0.6) is 0 Å². The molecule has 1 atom stereocenters. The van der Waals surface area contributed by atoms with E-state index in [1.807, 2.05) is 0 Å². The summed E-state index contributed by atoms with van der Waals surface area (Å²) in [6.45, 7) is 2.10. The van der Waals surface area contributed by atoms with E-state index in [0.717, 1.165) is 36.2 Å². The van der Waals surface area contributed by atoms with E-state index >= 15 is 0 Å². The van der Waals surface area contributed by atoms with Gasteiger partial charge in [-0.25, -0.2) is 0 Å². The Balaban J connectivity index is 2.61. The van der Waals surface area contributed by atoms with Crippen LogP contribution in [0.3, 0.4) is 0 Å². The van der Waals surface area contributed by atoms with E-state index < -0.39 is 0 Å². The number of rotatable bonds is 5. The fraction of sp³-hybridized carbons (Fsp3) is 0.556. The Kier molecular flexibility index (Phi) is 4.03. The normalized spacial score (nSPS) is 12.7. The van der Waals surface area contributed by atoms with Crippen molar-refractivity contribution in [3.63, 3.8) is 0 Å². The lowest BCUT2D eigenvalue weighted by Gasteiger charge is -2.07. The number of unbranched alkanes of at least 4 members (excludes halogenated alkanes) is 1. The van der Waals surface area contributed by atoms with Crippen LogP contribution in [0.4, 0.5) is 5.00 Å². The number of nitro groups is 1. The molecule has 1 aromatic heterocycles. The van der Waals surface area contributed by atoms with Gasteiger partial charge in [-0.2, -0.15) is 0 Å². The molecule has 0 bridgehead atoms. The maximum Gasteiger partial charge on any atom is 0.324 e. The average molecular weight is 214 g/mol. The largest absolute Gasteiger partial charge is 0.324 e. The molecule has 14 heavy (non-hydrogen) atoms. The molecule has 0 aliphatic carbocycles. The molecular formula is C9H14N2O2S. The average Bonchev–Trinajstić information content (AvgIpc) is 2.62. The summed E-state index contributed by atoms with van der Waals surface area (Å²) in [5, 5.41) is 12.4. The Morgan fingerprint density at radius 1 is 1.71 bits per heavy atom. The van der Waals surface area contributed by atoms with E-state index in [1.165, 1.54) is 0 Å². The van der Waals surface area contributed by atoms with Crippen LogP contribution in [-0.4, -0.2) is 4.92 Å². The molecule has 5 heteroatoms.